The summed E-state index contributed by atoms with van der Waals surface area (Å²) < 4.78 is 12.2. The smallest absolute Gasteiger partial charge is 0.265 e. The van der Waals surface area contributed by atoms with Crippen molar-refractivity contribution in [2.45, 2.75) is 0 Å². The second kappa shape index (κ2) is 5.68. The van der Waals surface area contributed by atoms with E-state index in [9.17, 15) is 9.18 Å². The van der Waals surface area contributed by atoms with Crippen LogP contribution in [0.3, 0.4) is 0 Å². The minimum atomic E-state index is -0.545. The zero-order chi connectivity index (χ0) is 13.0. The molecule has 94 valence electrons. The van der Waals surface area contributed by atoms with Crippen molar-refractivity contribution in [3.05, 3.63) is 35.6 Å². The molecule has 0 radical (unpaired) electrons. The zero-order valence-electron chi connectivity index (χ0n) is 9.84. The van der Waals surface area contributed by atoms with E-state index in [1.54, 1.807) is 19.4 Å². The van der Waals surface area contributed by atoms with Crippen LogP contribution in [0.25, 0.3) is 10.6 Å². The van der Waals surface area contributed by atoms with Crippen LogP contribution >= 0.6 is 11.3 Å². The summed E-state index contributed by atoms with van der Waals surface area (Å²) in [5.74, 6) is -0.208. The summed E-state index contributed by atoms with van der Waals surface area (Å²) in [7, 11) is 1.57. The first-order chi connectivity index (χ1) is 8.72. The lowest BCUT2D eigenvalue weighted by atomic mass is 10.3. The molecule has 0 saturated carbocycles. The van der Waals surface area contributed by atoms with Gasteiger partial charge in [-0.25, -0.2) is 9.37 Å². The van der Waals surface area contributed by atoms with Gasteiger partial charge in [0.05, 0.1) is 6.20 Å². The highest BCUT2D eigenvalue weighted by Crippen LogP contribution is 2.24. The molecule has 2 heterocycles. The van der Waals surface area contributed by atoms with E-state index >= 15 is 0 Å². The highest BCUT2D eigenvalue weighted by Gasteiger charge is 2.15. The molecule has 0 aliphatic carbocycles. The Morgan fingerprint density at radius 1 is 1.50 bits per heavy atom. The Morgan fingerprint density at radius 3 is 3.00 bits per heavy atom. The highest BCUT2D eigenvalue weighted by molar-refractivity contribution is 7.16. The summed E-state index contributed by atoms with van der Waals surface area (Å²) in [4.78, 5) is 21.9. The predicted molar refractivity (Wildman–Crippen MR) is 68.3 cm³/mol. The molecule has 0 aliphatic heterocycles. The number of halogens is 1. The lowest BCUT2D eigenvalue weighted by molar-refractivity contribution is 0.0790. The van der Waals surface area contributed by atoms with E-state index in [1.807, 2.05) is 12.1 Å². The maximum atomic E-state index is 12.2. The van der Waals surface area contributed by atoms with Crippen LogP contribution in [0.15, 0.2) is 30.7 Å². The van der Waals surface area contributed by atoms with Gasteiger partial charge >= 0.3 is 0 Å². The molecular weight excluding hydrogens is 253 g/mol. The van der Waals surface area contributed by atoms with Crippen LogP contribution < -0.4 is 0 Å². The van der Waals surface area contributed by atoms with E-state index < -0.39 is 6.67 Å². The number of pyridine rings is 1. The van der Waals surface area contributed by atoms with Gasteiger partial charge in [0, 0.05) is 31.5 Å². The fourth-order valence-corrected chi connectivity index (χ4v) is 2.31. The quantitative estimate of drug-likeness (QED) is 0.851. The molecule has 4 nitrogen and oxygen atoms in total. The largest absolute Gasteiger partial charge is 0.338 e. The van der Waals surface area contributed by atoms with E-state index in [4.69, 9.17) is 0 Å². The number of carbonyl (C=O) groups is 1. The van der Waals surface area contributed by atoms with Gasteiger partial charge in [-0.05, 0) is 12.1 Å². The zero-order valence-corrected chi connectivity index (χ0v) is 10.7. The average molecular weight is 265 g/mol. The molecule has 0 aliphatic rings. The van der Waals surface area contributed by atoms with Crippen LogP contribution in [0, 0.1) is 0 Å². The van der Waals surface area contributed by atoms with E-state index in [0.29, 0.717) is 4.88 Å². The fourth-order valence-electron chi connectivity index (χ4n) is 1.41. The molecule has 0 N–H and O–H groups in total. The number of hydrogen-bond acceptors (Lipinski definition) is 4. The predicted octanol–water partition coefficient (Wildman–Crippen LogP) is 2.25. The molecule has 0 bridgehead atoms. The van der Waals surface area contributed by atoms with Gasteiger partial charge in [0.2, 0.25) is 0 Å². The number of carbonyl (C=O) groups excluding carboxylic acids is 1. The molecule has 0 aromatic carbocycles. The van der Waals surface area contributed by atoms with Crippen LogP contribution in [-0.4, -0.2) is 41.0 Å². The first-order valence-electron chi connectivity index (χ1n) is 5.40. The van der Waals surface area contributed by atoms with Gasteiger partial charge in [-0.15, -0.1) is 11.3 Å². The lowest BCUT2D eigenvalue weighted by Gasteiger charge is -2.12. The molecule has 0 spiro atoms. The molecule has 0 fully saturated rings. The average Bonchev–Trinajstić information content (AvgIpc) is 2.89. The summed E-state index contributed by atoms with van der Waals surface area (Å²) in [6.45, 7) is -0.449. The van der Waals surface area contributed by atoms with E-state index in [1.165, 1.54) is 22.4 Å². The van der Waals surface area contributed by atoms with Crippen LogP contribution in [0.1, 0.15) is 9.67 Å². The minimum absolute atomic E-state index is 0.0962. The number of rotatable bonds is 4. The van der Waals surface area contributed by atoms with E-state index in [2.05, 4.69) is 9.97 Å². The number of hydrogen-bond donors (Lipinski definition) is 0. The molecule has 0 unspecified atom stereocenters. The van der Waals surface area contributed by atoms with E-state index in [0.717, 1.165) is 10.6 Å². The van der Waals surface area contributed by atoms with Crippen LogP contribution in [-0.2, 0) is 0 Å². The SMILES string of the molecule is CN(CCF)C(=O)c1cnc(-c2cccnc2)s1. The second-order valence-electron chi connectivity index (χ2n) is 3.69. The van der Waals surface area contributed by atoms with Gasteiger partial charge in [0.25, 0.3) is 5.91 Å². The number of amides is 1. The number of thiazole rings is 1. The van der Waals surface area contributed by atoms with Gasteiger partial charge in [0.15, 0.2) is 0 Å². The molecule has 18 heavy (non-hydrogen) atoms. The van der Waals surface area contributed by atoms with Crippen molar-refractivity contribution in [2.24, 2.45) is 0 Å². The number of alkyl halides is 1. The monoisotopic (exact) mass is 265 g/mol. The molecule has 0 saturated heterocycles. The van der Waals surface area contributed by atoms with Gasteiger partial charge in [0.1, 0.15) is 16.6 Å². The molecular formula is C12H12FN3OS. The third kappa shape index (κ3) is 2.70. The van der Waals surface area contributed by atoms with E-state index in [-0.39, 0.29) is 12.5 Å². The van der Waals surface area contributed by atoms with Crippen molar-refractivity contribution in [1.29, 1.82) is 0 Å². The third-order valence-corrected chi connectivity index (χ3v) is 3.43. The molecule has 0 atom stereocenters. The summed E-state index contributed by atoms with van der Waals surface area (Å²) in [5.41, 5.74) is 0.870. The van der Waals surface area contributed by atoms with Gasteiger partial charge in [-0.2, -0.15) is 0 Å². The molecule has 2 rings (SSSR count). The lowest BCUT2D eigenvalue weighted by Crippen LogP contribution is -2.27. The summed E-state index contributed by atoms with van der Waals surface area (Å²) in [6.07, 6.45) is 4.89. The maximum absolute atomic E-state index is 12.2. The molecule has 1 amide bonds. The van der Waals surface area contributed by atoms with Crippen molar-refractivity contribution in [3.8, 4) is 10.6 Å². The van der Waals surface area contributed by atoms with Crippen LogP contribution in [0.5, 0.6) is 0 Å². The summed E-state index contributed by atoms with van der Waals surface area (Å²) >= 11 is 1.28. The van der Waals surface area contributed by atoms with Crippen molar-refractivity contribution in [2.75, 3.05) is 20.3 Å². The number of nitrogens with zero attached hydrogens (tertiary/aromatic N) is 3. The van der Waals surface area contributed by atoms with Crippen LogP contribution in [0.4, 0.5) is 4.39 Å². The Balaban J connectivity index is 2.18. The minimum Gasteiger partial charge on any atom is -0.338 e. The Kier molecular flexibility index (Phi) is 3.99. The third-order valence-electron chi connectivity index (χ3n) is 2.39. The van der Waals surface area contributed by atoms with Crippen molar-refractivity contribution >= 4 is 17.2 Å². The van der Waals surface area contributed by atoms with Gasteiger partial charge < -0.3 is 4.90 Å². The first kappa shape index (κ1) is 12.6. The van der Waals surface area contributed by atoms with Gasteiger partial charge in [-0.3, -0.25) is 9.78 Å². The topological polar surface area (TPSA) is 46.1 Å². The Morgan fingerprint density at radius 2 is 2.33 bits per heavy atom. The number of aromatic nitrogens is 2. The Labute approximate surface area is 108 Å². The molecule has 2 aromatic heterocycles. The van der Waals surface area contributed by atoms with Crippen molar-refractivity contribution in [3.63, 3.8) is 0 Å². The first-order valence-corrected chi connectivity index (χ1v) is 6.21. The standard InChI is InChI=1S/C12H12FN3OS/c1-16(6-4-13)12(17)10-8-15-11(18-10)9-3-2-5-14-7-9/h2-3,5,7-8H,4,6H2,1H3. The van der Waals surface area contributed by atoms with Gasteiger partial charge in [-0.1, -0.05) is 0 Å². The Hall–Kier alpha value is -1.82. The highest BCUT2D eigenvalue weighted by atomic mass is 32.1. The second-order valence-corrected chi connectivity index (χ2v) is 4.72. The molecule has 2 aromatic rings. The van der Waals surface area contributed by atoms with Crippen molar-refractivity contribution < 1.29 is 9.18 Å². The Bertz CT molecular complexity index is 529. The normalized spacial score (nSPS) is 10.3. The fraction of sp³-hybridized carbons (Fsp3) is 0.250. The summed E-state index contributed by atoms with van der Waals surface area (Å²) in [6, 6.07) is 3.69. The van der Waals surface area contributed by atoms with Crippen molar-refractivity contribution in [1.82, 2.24) is 14.9 Å². The summed E-state index contributed by atoms with van der Waals surface area (Å²) in [5, 5.41) is 0.736. The maximum Gasteiger partial charge on any atom is 0.265 e. The van der Waals surface area contributed by atoms with Crippen LogP contribution in [0.2, 0.25) is 0 Å². The molecule has 6 heteroatoms.